The molecule has 0 atom stereocenters. The molecule has 1 fully saturated rings. The van der Waals surface area contributed by atoms with Gasteiger partial charge >= 0.3 is 0 Å². The van der Waals surface area contributed by atoms with Crippen LogP contribution in [0.1, 0.15) is 18.4 Å². The van der Waals surface area contributed by atoms with E-state index in [4.69, 9.17) is 0 Å². The molecule has 1 radical (unpaired) electrons. The molecule has 0 aromatic heterocycles. The molecule has 3 heteroatoms. The lowest BCUT2D eigenvalue weighted by atomic mass is 10.1. The molecular weight excluding hydrogens is 226 g/mol. The number of halogens is 3. The summed E-state index contributed by atoms with van der Waals surface area (Å²) >= 11 is 3.03. The third kappa shape index (κ3) is 1.38. The van der Waals surface area contributed by atoms with Crippen molar-refractivity contribution in [2.45, 2.75) is 12.8 Å². The SMILES string of the molecule is Fc1cc(Br)cc(F)c1[C]1CC1. The minimum atomic E-state index is -0.464. The van der Waals surface area contributed by atoms with Crippen LogP contribution in [-0.2, 0) is 0 Å². The average Bonchev–Trinajstić information content (AvgIpc) is 2.68. The average molecular weight is 232 g/mol. The van der Waals surface area contributed by atoms with Crippen LogP contribution in [0.25, 0.3) is 0 Å². The van der Waals surface area contributed by atoms with Crippen molar-refractivity contribution < 1.29 is 8.78 Å². The van der Waals surface area contributed by atoms with Crippen molar-refractivity contribution in [1.82, 2.24) is 0 Å². The van der Waals surface area contributed by atoms with Gasteiger partial charge in [-0.25, -0.2) is 8.78 Å². The Morgan fingerprint density at radius 1 is 1.08 bits per heavy atom. The molecule has 0 aliphatic heterocycles. The Bertz CT molecular complexity index is 295. The summed E-state index contributed by atoms with van der Waals surface area (Å²) in [5.41, 5.74) is 0.179. The summed E-state index contributed by atoms with van der Waals surface area (Å²) in [6, 6.07) is 2.59. The van der Waals surface area contributed by atoms with E-state index < -0.39 is 11.6 Å². The Labute approximate surface area is 77.7 Å². The van der Waals surface area contributed by atoms with Crippen LogP contribution in [0.4, 0.5) is 8.78 Å². The highest BCUT2D eigenvalue weighted by molar-refractivity contribution is 9.10. The van der Waals surface area contributed by atoms with Gasteiger partial charge in [-0.1, -0.05) is 15.9 Å². The molecule has 1 aromatic rings. The van der Waals surface area contributed by atoms with E-state index in [-0.39, 0.29) is 5.56 Å². The Hall–Kier alpha value is -0.440. The largest absolute Gasteiger partial charge is 0.207 e. The van der Waals surface area contributed by atoms with Gasteiger partial charge in [-0.2, -0.15) is 0 Å². The number of rotatable bonds is 1. The van der Waals surface area contributed by atoms with Gasteiger partial charge in [-0.05, 0) is 25.0 Å². The van der Waals surface area contributed by atoms with E-state index >= 15 is 0 Å². The quantitative estimate of drug-likeness (QED) is 0.695. The van der Waals surface area contributed by atoms with E-state index in [1.54, 1.807) is 0 Å². The molecule has 0 unspecified atom stereocenters. The maximum Gasteiger partial charge on any atom is 0.131 e. The fourth-order valence-electron chi connectivity index (χ4n) is 1.19. The van der Waals surface area contributed by atoms with Gasteiger partial charge in [-0.3, -0.25) is 0 Å². The molecule has 1 aliphatic carbocycles. The van der Waals surface area contributed by atoms with E-state index in [1.807, 2.05) is 0 Å². The van der Waals surface area contributed by atoms with Gasteiger partial charge in [0, 0.05) is 16.0 Å². The monoisotopic (exact) mass is 231 g/mol. The zero-order valence-electron chi connectivity index (χ0n) is 6.20. The third-order valence-corrected chi connectivity index (χ3v) is 2.32. The predicted molar refractivity (Wildman–Crippen MR) is 45.6 cm³/mol. The minimum absolute atomic E-state index is 0.179. The van der Waals surface area contributed by atoms with Gasteiger partial charge < -0.3 is 0 Å². The minimum Gasteiger partial charge on any atom is -0.207 e. The number of benzene rings is 1. The highest BCUT2D eigenvalue weighted by Crippen LogP contribution is 2.41. The smallest absolute Gasteiger partial charge is 0.131 e. The summed E-state index contributed by atoms with van der Waals surface area (Å²) in [5, 5.41) is 0. The molecule has 0 saturated heterocycles. The zero-order valence-corrected chi connectivity index (χ0v) is 7.79. The first-order valence-electron chi connectivity index (χ1n) is 3.68. The van der Waals surface area contributed by atoms with E-state index in [1.165, 1.54) is 12.1 Å². The predicted octanol–water partition coefficient (Wildman–Crippen LogP) is 3.44. The Morgan fingerprint density at radius 3 is 2.00 bits per heavy atom. The van der Waals surface area contributed by atoms with E-state index in [0.29, 0.717) is 4.47 Å². The lowest BCUT2D eigenvalue weighted by Gasteiger charge is -2.02. The van der Waals surface area contributed by atoms with Crippen molar-refractivity contribution >= 4 is 15.9 Å². The van der Waals surface area contributed by atoms with Crippen LogP contribution in [0, 0.1) is 17.6 Å². The summed E-state index contributed by atoms with van der Waals surface area (Å²) in [6.45, 7) is 0. The van der Waals surface area contributed by atoms with Crippen LogP contribution in [0.3, 0.4) is 0 Å². The van der Waals surface area contributed by atoms with E-state index in [9.17, 15) is 8.78 Å². The molecule has 2 rings (SSSR count). The molecule has 0 heterocycles. The van der Waals surface area contributed by atoms with Gasteiger partial charge in [-0.15, -0.1) is 0 Å². The Balaban J connectivity index is 2.51. The second-order valence-electron chi connectivity index (χ2n) is 2.85. The van der Waals surface area contributed by atoms with E-state index in [2.05, 4.69) is 15.9 Å². The van der Waals surface area contributed by atoms with Crippen molar-refractivity contribution in [3.05, 3.63) is 39.7 Å². The summed E-state index contributed by atoms with van der Waals surface area (Å²) < 4.78 is 26.7. The normalized spacial score (nSPS) is 16.6. The molecule has 12 heavy (non-hydrogen) atoms. The van der Waals surface area contributed by atoms with Crippen LogP contribution >= 0.6 is 15.9 Å². The molecule has 0 amide bonds. The molecule has 1 aliphatic rings. The van der Waals surface area contributed by atoms with Crippen molar-refractivity contribution in [2.24, 2.45) is 0 Å². The highest BCUT2D eigenvalue weighted by Gasteiger charge is 2.30. The highest BCUT2D eigenvalue weighted by atomic mass is 79.9. The molecule has 0 nitrogen and oxygen atoms in total. The van der Waals surface area contributed by atoms with Gasteiger partial charge in [0.2, 0.25) is 0 Å². The van der Waals surface area contributed by atoms with Crippen LogP contribution in [0.2, 0.25) is 0 Å². The van der Waals surface area contributed by atoms with E-state index in [0.717, 1.165) is 18.8 Å². The Kier molecular flexibility index (Phi) is 1.91. The molecular formula is C9H6BrF2. The first kappa shape index (κ1) is 8.17. The second-order valence-corrected chi connectivity index (χ2v) is 3.76. The lowest BCUT2D eigenvalue weighted by molar-refractivity contribution is 0.568. The maximum atomic E-state index is 13.1. The van der Waals surface area contributed by atoms with Crippen molar-refractivity contribution in [2.75, 3.05) is 0 Å². The summed E-state index contributed by atoms with van der Waals surface area (Å²) in [7, 11) is 0. The topological polar surface area (TPSA) is 0 Å². The van der Waals surface area contributed by atoms with Crippen molar-refractivity contribution in [3.8, 4) is 0 Å². The maximum absolute atomic E-state index is 13.1. The first-order valence-corrected chi connectivity index (χ1v) is 4.47. The van der Waals surface area contributed by atoms with Gasteiger partial charge in [0.15, 0.2) is 0 Å². The van der Waals surface area contributed by atoms with Gasteiger partial charge in [0.25, 0.3) is 0 Å². The molecule has 0 spiro atoms. The van der Waals surface area contributed by atoms with Gasteiger partial charge in [0.1, 0.15) is 11.6 Å². The molecule has 1 aromatic carbocycles. The molecule has 0 bridgehead atoms. The summed E-state index contributed by atoms with van der Waals surface area (Å²) in [5.74, 6) is -0.0405. The first-order chi connectivity index (χ1) is 5.68. The van der Waals surface area contributed by atoms with Crippen LogP contribution in [0.5, 0.6) is 0 Å². The standard InChI is InChI=1S/C9H6BrF2/c10-6-3-7(11)9(5-1-2-5)8(12)4-6/h3-4H,1-2H2. The van der Waals surface area contributed by atoms with Crippen molar-refractivity contribution in [3.63, 3.8) is 0 Å². The summed E-state index contributed by atoms with van der Waals surface area (Å²) in [6.07, 6.45) is 1.66. The molecule has 0 N–H and O–H groups in total. The van der Waals surface area contributed by atoms with Crippen LogP contribution in [-0.4, -0.2) is 0 Å². The lowest BCUT2D eigenvalue weighted by Crippen LogP contribution is -1.93. The molecule has 63 valence electrons. The molecule has 1 saturated carbocycles. The Morgan fingerprint density at radius 2 is 1.58 bits per heavy atom. The number of hydrogen-bond acceptors (Lipinski definition) is 0. The second kappa shape index (κ2) is 2.80. The summed E-state index contributed by atoms with van der Waals surface area (Å²) in [4.78, 5) is 0. The fraction of sp³-hybridized carbons (Fsp3) is 0.222. The van der Waals surface area contributed by atoms with Gasteiger partial charge in [0.05, 0.1) is 0 Å². The van der Waals surface area contributed by atoms with Crippen molar-refractivity contribution in [1.29, 1.82) is 0 Å². The zero-order chi connectivity index (χ0) is 8.72. The van der Waals surface area contributed by atoms with Crippen LogP contribution < -0.4 is 0 Å². The third-order valence-electron chi connectivity index (χ3n) is 1.86. The van der Waals surface area contributed by atoms with Crippen LogP contribution in [0.15, 0.2) is 16.6 Å². The number of hydrogen-bond donors (Lipinski definition) is 0. The fourth-order valence-corrected chi connectivity index (χ4v) is 1.59.